The first-order valence-corrected chi connectivity index (χ1v) is 7.58. The van der Waals surface area contributed by atoms with E-state index in [1.54, 1.807) is 0 Å². The Bertz CT molecular complexity index is 535. The van der Waals surface area contributed by atoms with E-state index in [0.29, 0.717) is 12.0 Å². The van der Waals surface area contributed by atoms with Crippen LogP contribution in [0.3, 0.4) is 0 Å². The van der Waals surface area contributed by atoms with E-state index in [-0.39, 0.29) is 5.91 Å². The summed E-state index contributed by atoms with van der Waals surface area (Å²) in [6.45, 7) is 4.16. The van der Waals surface area contributed by atoms with E-state index in [1.165, 1.54) is 25.9 Å². The van der Waals surface area contributed by atoms with Gasteiger partial charge in [-0.25, -0.2) is 0 Å². The van der Waals surface area contributed by atoms with Crippen LogP contribution in [0.15, 0.2) is 18.2 Å². The molecule has 0 saturated carbocycles. The maximum absolute atomic E-state index is 12.4. The van der Waals surface area contributed by atoms with Crippen LogP contribution in [0.1, 0.15) is 28.8 Å². The minimum absolute atomic E-state index is 0.0680. The standard InChI is InChI=1S/C16H20N2O2/c19-16(13-1-2-15-12(9-13)5-8-20-15)17-14-10-18-6-3-11(14)4-7-18/h1-2,9,11,14H,3-8,10H2,(H,17,19). The summed E-state index contributed by atoms with van der Waals surface area (Å²) in [4.78, 5) is 14.9. The molecule has 1 atom stereocenters. The number of benzene rings is 1. The molecule has 3 saturated heterocycles. The number of nitrogens with one attached hydrogen (secondary N) is 1. The van der Waals surface area contributed by atoms with Crippen LogP contribution < -0.4 is 10.1 Å². The predicted molar refractivity (Wildman–Crippen MR) is 76.1 cm³/mol. The molecule has 0 spiro atoms. The van der Waals surface area contributed by atoms with E-state index < -0.39 is 0 Å². The molecular formula is C16H20N2O2. The molecule has 0 radical (unpaired) electrons. The summed E-state index contributed by atoms with van der Waals surface area (Å²) in [5.74, 6) is 1.67. The Labute approximate surface area is 119 Å². The Morgan fingerprint density at radius 1 is 1.30 bits per heavy atom. The van der Waals surface area contributed by atoms with E-state index >= 15 is 0 Å². The normalized spacial score (nSPS) is 30.7. The molecule has 4 aliphatic heterocycles. The minimum atomic E-state index is 0.0680. The van der Waals surface area contributed by atoms with Crippen LogP contribution in [-0.4, -0.2) is 43.1 Å². The highest BCUT2D eigenvalue weighted by atomic mass is 16.5. The molecule has 4 nitrogen and oxygen atoms in total. The monoisotopic (exact) mass is 272 g/mol. The summed E-state index contributed by atoms with van der Waals surface area (Å²) in [7, 11) is 0. The second-order valence-corrected chi connectivity index (χ2v) is 6.14. The highest BCUT2D eigenvalue weighted by Gasteiger charge is 2.35. The predicted octanol–water partition coefficient (Wildman–Crippen LogP) is 1.45. The van der Waals surface area contributed by atoms with E-state index in [2.05, 4.69) is 10.2 Å². The van der Waals surface area contributed by atoms with Crippen molar-refractivity contribution in [3.8, 4) is 5.75 Å². The molecule has 5 rings (SSSR count). The second kappa shape index (κ2) is 4.77. The van der Waals surface area contributed by atoms with Crippen molar-refractivity contribution < 1.29 is 9.53 Å². The van der Waals surface area contributed by atoms with E-state index in [1.807, 2.05) is 18.2 Å². The highest BCUT2D eigenvalue weighted by Crippen LogP contribution is 2.29. The first-order valence-electron chi connectivity index (χ1n) is 7.58. The molecule has 4 aliphatic rings. The highest BCUT2D eigenvalue weighted by molar-refractivity contribution is 5.94. The number of piperidine rings is 3. The Balaban J connectivity index is 1.48. The van der Waals surface area contributed by atoms with Gasteiger partial charge in [0.25, 0.3) is 5.91 Å². The van der Waals surface area contributed by atoms with Crippen molar-refractivity contribution in [3.05, 3.63) is 29.3 Å². The van der Waals surface area contributed by atoms with Crippen molar-refractivity contribution in [2.75, 3.05) is 26.2 Å². The number of fused-ring (bicyclic) bond motifs is 4. The molecule has 0 aromatic heterocycles. The largest absolute Gasteiger partial charge is 0.493 e. The van der Waals surface area contributed by atoms with Crippen molar-refractivity contribution in [2.24, 2.45) is 5.92 Å². The van der Waals surface area contributed by atoms with Crippen molar-refractivity contribution in [2.45, 2.75) is 25.3 Å². The van der Waals surface area contributed by atoms with Crippen molar-refractivity contribution in [1.82, 2.24) is 10.2 Å². The lowest BCUT2D eigenvalue weighted by Crippen LogP contribution is -2.57. The van der Waals surface area contributed by atoms with Crippen LogP contribution in [0.5, 0.6) is 5.75 Å². The Morgan fingerprint density at radius 3 is 2.90 bits per heavy atom. The van der Waals surface area contributed by atoms with Gasteiger partial charge in [0.05, 0.1) is 6.61 Å². The summed E-state index contributed by atoms with van der Waals surface area (Å²) >= 11 is 0. The molecule has 0 aliphatic carbocycles. The Kier molecular flexibility index (Phi) is 2.91. The van der Waals surface area contributed by atoms with Crippen molar-refractivity contribution >= 4 is 5.91 Å². The number of ether oxygens (including phenoxy) is 1. The number of amides is 1. The average Bonchev–Trinajstić information content (AvgIpc) is 2.96. The summed E-state index contributed by atoms with van der Waals surface area (Å²) in [5.41, 5.74) is 1.93. The lowest BCUT2D eigenvalue weighted by Gasteiger charge is -2.44. The van der Waals surface area contributed by atoms with Gasteiger partial charge in [-0.1, -0.05) is 0 Å². The van der Waals surface area contributed by atoms with Gasteiger partial charge < -0.3 is 15.0 Å². The van der Waals surface area contributed by atoms with Crippen LogP contribution in [0, 0.1) is 5.92 Å². The zero-order valence-corrected chi connectivity index (χ0v) is 11.6. The Morgan fingerprint density at radius 2 is 2.15 bits per heavy atom. The molecule has 2 bridgehead atoms. The SMILES string of the molecule is O=C(NC1CN2CCC1CC2)c1ccc2c(c1)CCO2. The summed E-state index contributed by atoms with van der Waals surface area (Å²) in [6.07, 6.45) is 3.36. The number of carbonyl (C=O) groups is 1. The van der Waals surface area contributed by atoms with Gasteiger partial charge in [-0.3, -0.25) is 4.79 Å². The van der Waals surface area contributed by atoms with Gasteiger partial charge in [-0.05, 0) is 55.6 Å². The molecular weight excluding hydrogens is 252 g/mol. The van der Waals surface area contributed by atoms with Gasteiger partial charge in [0.15, 0.2) is 0 Å². The third-order valence-corrected chi connectivity index (χ3v) is 4.92. The molecule has 1 N–H and O–H groups in total. The van der Waals surface area contributed by atoms with Crippen LogP contribution in [-0.2, 0) is 6.42 Å². The number of nitrogens with zero attached hydrogens (tertiary/aromatic N) is 1. The van der Waals surface area contributed by atoms with E-state index in [9.17, 15) is 4.79 Å². The number of carbonyl (C=O) groups excluding carboxylic acids is 1. The maximum atomic E-state index is 12.4. The fourth-order valence-corrected chi connectivity index (χ4v) is 3.71. The van der Waals surface area contributed by atoms with Gasteiger partial charge in [0, 0.05) is 24.6 Å². The fraction of sp³-hybridized carbons (Fsp3) is 0.562. The maximum Gasteiger partial charge on any atom is 0.251 e. The van der Waals surface area contributed by atoms with E-state index in [0.717, 1.165) is 36.4 Å². The molecule has 1 unspecified atom stereocenters. The van der Waals surface area contributed by atoms with Gasteiger partial charge in [-0.2, -0.15) is 0 Å². The third-order valence-electron chi connectivity index (χ3n) is 4.92. The molecule has 1 aromatic rings. The van der Waals surface area contributed by atoms with Crippen LogP contribution in [0.25, 0.3) is 0 Å². The van der Waals surface area contributed by atoms with Gasteiger partial charge in [-0.15, -0.1) is 0 Å². The fourth-order valence-electron chi connectivity index (χ4n) is 3.71. The first kappa shape index (κ1) is 12.2. The van der Waals surface area contributed by atoms with Crippen molar-refractivity contribution in [1.29, 1.82) is 0 Å². The number of hydrogen-bond donors (Lipinski definition) is 1. The summed E-state index contributed by atoms with van der Waals surface area (Å²) < 4.78 is 5.49. The van der Waals surface area contributed by atoms with E-state index in [4.69, 9.17) is 4.74 Å². The summed E-state index contributed by atoms with van der Waals surface area (Å²) in [6, 6.07) is 6.11. The molecule has 20 heavy (non-hydrogen) atoms. The van der Waals surface area contributed by atoms with Crippen LogP contribution >= 0.6 is 0 Å². The molecule has 3 fully saturated rings. The first-order chi connectivity index (χ1) is 9.79. The number of hydrogen-bond acceptors (Lipinski definition) is 3. The molecule has 106 valence electrons. The molecule has 1 aromatic carbocycles. The zero-order chi connectivity index (χ0) is 13.5. The minimum Gasteiger partial charge on any atom is -0.493 e. The average molecular weight is 272 g/mol. The third kappa shape index (κ3) is 2.08. The molecule has 4 heteroatoms. The number of rotatable bonds is 2. The van der Waals surface area contributed by atoms with Gasteiger partial charge >= 0.3 is 0 Å². The molecule has 4 heterocycles. The van der Waals surface area contributed by atoms with Crippen LogP contribution in [0.4, 0.5) is 0 Å². The van der Waals surface area contributed by atoms with Gasteiger partial charge in [0.1, 0.15) is 5.75 Å². The lowest BCUT2D eigenvalue weighted by atomic mass is 9.84. The second-order valence-electron chi connectivity index (χ2n) is 6.14. The summed E-state index contributed by atoms with van der Waals surface area (Å²) in [5, 5.41) is 3.24. The lowest BCUT2D eigenvalue weighted by molar-refractivity contribution is 0.0620. The zero-order valence-electron chi connectivity index (χ0n) is 11.6. The molecule has 1 amide bonds. The smallest absolute Gasteiger partial charge is 0.251 e. The van der Waals surface area contributed by atoms with Crippen LogP contribution in [0.2, 0.25) is 0 Å². The topological polar surface area (TPSA) is 41.6 Å². The Hall–Kier alpha value is -1.55. The quantitative estimate of drug-likeness (QED) is 0.886. The van der Waals surface area contributed by atoms with Crippen molar-refractivity contribution in [3.63, 3.8) is 0 Å². The van der Waals surface area contributed by atoms with Gasteiger partial charge in [0.2, 0.25) is 0 Å².